The minimum atomic E-state index is -3.05. The summed E-state index contributed by atoms with van der Waals surface area (Å²) in [6, 6.07) is 16.9. The van der Waals surface area contributed by atoms with E-state index in [9.17, 15) is 17.6 Å². The van der Waals surface area contributed by atoms with Crippen LogP contribution in [0.2, 0.25) is 10.0 Å². The van der Waals surface area contributed by atoms with Crippen LogP contribution >= 0.6 is 23.2 Å². The highest BCUT2D eigenvalue weighted by Crippen LogP contribution is 2.34. The van der Waals surface area contributed by atoms with E-state index in [2.05, 4.69) is 24.4 Å². The van der Waals surface area contributed by atoms with E-state index >= 15 is 0 Å². The number of alkyl halides is 4. The zero-order valence-electron chi connectivity index (χ0n) is 21.9. The Bertz CT molecular complexity index is 1590. The maximum Gasteiger partial charge on any atom is 0.388 e. The van der Waals surface area contributed by atoms with Crippen molar-refractivity contribution in [2.24, 2.45) is 0 Å². The largest absolute Gasteiger partial charge is 0.416 e. The Balaban J connectivity index is 1.47. The lowest BCUT2D eigenvalue weighted by atomic mass is 10.0. The summed E-state index contributed by atoms with van der Waals surface area (Å²) in [5.74, 6) is 0.219. The first-order chi connectivity index (χ1) is 20.1. The number of rotatable bonds is 10. The first-order valence-electron chi connectivity index (χ1n) is 12.6. The second kappa shape index (κ2) is 12.8. The number of nitrogens with zero attached hydrogens (tertiary/aromatic N) is 4. The molecular weight excluding hydrogens is 595 g/mol. The zero-order chi connectivity index (χ0) is 29.8. The lowest BCUT2D eigenvalue weighted by molar-refractivity contribution is -0.0531. The lowest BCUT2D eigenvalue weighted by Gasteiger charge is -2.14. The molecule has 0 fully saturated rings. The quantitative estimate of drug-likeness (QED) is 0.147. The van der Waals surface area contributed by atoms with Crippen LogP contribution in [0.25, 0.3) is 22.3 Å². The van der Waals surface area contributed by atoms with Gasteiger partial charge in [-0.15, -0.1) is 0 Å². The van der Waals surface area contributed by atoms with E-state index < -0.39 is 13.2 Å². The molecular formula is C30H22Cl2F4N4O2. The molecule has 6 nitrogen and oxygen atoms in total. The smallest absolute Gasteiger partial charge is 0.388 e. The van der Waals surface area contributed by atoms with E-state index in [4.69, 9.17) is 23.2 Å². The molecule has 0 amide bonds. The van der Waals surface area contributed by atoms with Crippen LogP contribution in [0.3, 0.4) is 0 Å². The summed E-state index contributed by atoms with van der Waals surface area (Å²) in [5, 5.41) is 0.868. The summed E-state index contributed by atoms with van der Waals surface area (Å²) in [6.45, 7) is -3.95. The predicted molar refractivity (Wildman–Crippen MR) is 152 cm³/mol. The van der Waals surface area contributed by atoms with Crippen molar-refractivity contribution < 1.29 is 27.0 Å². The molecule has 0 spiro atoms. The predicted octanol–water partition coefficient (Wildman–Crippen LogP) is 8.46. The van der Waals surface area contributed by atoms with Crippen molar-refractivity contribution in [3.63, 3.8) is 0 Å². The van der Waals surface area contributed by atoms with Crippen LogP contribution < -0.4 is 9.47 Å². The molecule has 0 N–H and O–H groups in total. The number of hydrogen-bond acceptors (Lipinski definition) is 5. The molecule has 3 heterocycles. The molecule has 42 heavy (non-hydrogen) atoms. The second-order valence-corrected chi connectivity index (χ2v) is 10.1. The zero-order valence-corrected chi connectivity index (χ0v) is 23.5. The molecule has 12 heteroatoms. The van der Waals surface area contributed by atoms with Gasteiger partial charge in [-0.2, -0.15) is 17.6 Å². The molecule has 0 bridgehead atoms. The number of pyridine rings is 2. The van der Waals surface area contributed by atoms with Crippen molar-refractivity contribution in [2.75, 3.05) is 0 Å². The monoisotopic (exact) mass is 616 g/mol. The number of ether oxygens (including phenoxy) is 2. The Morgan fingerprint density at radius 1 is 0.762 bits per heavy atom. The number of halogens is 6. The van der Waals surface area contributed by atoms with Gasteiger partial charge < -0.3 is 14.0 Å². The molecule has 0 aliphatic rings. The van der Waals surface area contributed by atoms with Crippen molar-refractivity contribution in [1.82, 2.24) is 19.5 Å². The average molecular weight is 617 g/mol. The fourth-order valence-corrected chi connectivity index (χ4v) is 4.89. The van der Waals surface area contributed by atoms with Crippen molar-refractivity contribution in [2.45, 2.75) is 33.1 Å². The molecule has 0 saturated heterocycles. The van der Waals surface area contributed by atoms with Crippen molar-refractivity contribution >= 4 is 23.2 Å². The number of benzene rings is 2. The Kier molecular flexibility index (Phi) is 8.94. The number of imidazole rings is 1. The van der Waals surface area contributed by atoms with Crippen LogP contribution in [0, 0.1) is 6.92 Å². The summed E-state index contributed by atoms with van der Waals surface area (Å²) >= 11 is 12.3. The maximum absolute atomic E-state index is 13.1. The van der Waals surface area contributed by atoms with E-state index in [1.54, 1.807) is 60.7 Å². The standard InChI is InChI=1S/C30H22Cl2F4N4O2/c1-17-15-40(16-19-9-25(21-5-3-7-23(32)12-21)28(38-14-19)42-30(35)36)26(39-17)10-18-8-24(20-4-2-6-22(31)11-20)27(37-13-18)41-29(33)34/h2-9,11-15,29-30H,10,16H2,1H3. The van der Waals surface area contributed by atoms with E-state index in [-0.39, 0.29) is 11.8 Å². The third kappa shape index (κ3) is 7.18. The fourth-order valence-electron chi connectivity index (χ4n) is 4.51. The molecule has 0 atom stereocenters. The molecule has 2 aromatic carbocycles. The highest BCUT2D eigenvalue weighted by atomic mass is 35.5. The summed E-state index contributed by atoms with van der Waals surface area (Å²) in [6.07, 6.45) is 5.07. The molecule has 0 aliphatic heterocycles. The number of aryl methyl sites for hydroxylation is 1. The van der Waals surface area contributed by atoms with Gasteiger partial charge in [-0.25, -0.2) is 15.0 Å². The van der Waals surface area contributed by atoms with Crippen LogP contribution in [-0.2, 0) is 13.0 Å². The molecule has 0 aliphatic carbocycles. The van der Waals surface area contributed by atoms with Crippen molar-refractivity contribution in [3.8, 4) is 34.0 Å². The first-order valence-corrected chi connectivity index (χ1v) is 13.3. The summed E-state index contributed by atoms with van der Waals surface area (Å²) in [7, 11) is 0. The Morgan fingerprint density at radius 2 is 1.29 bits per heavy atom. The van der Waals surface area contributed by atoms with Gasteiger partial charge in [0.2, 0.25) is 11.8 Å². The SMILES string of the molecule is Cc1cn(Cc2cnc(OC(F)F)c(-c3cccc(Cl)c3)c2)c(Cc2cnc(OC(F)F)c(-c3cccc(Cl)c3)c2)n1. The van der Waals surface area contributed by atoms with Crippen LogP contribution in [0.5, 0.6) is 11.8 Å². The van der Waals surface area contributed by atoms with Gasteiger partial charge in [0, 0.05) is 46.2 Å². The molecule has 0 saturated carbocycles. The van der Waals surface area contributed by atoms with E-state index in [1.807, 2.05) is 17.7 Å². The average Bonchev–Trinajstić information content (AvgIpc) is 3.27. The minimum absolute atomic E-state index is 0.219. The molecule has 0 unspecified atom stereocenters. The van der Waals surface area contributed by atoms with E-state index in [0.717, 1.165) is 5.69 Å². The van der Waals surface area contributed by atoms with Gasteiger partial charge in [0.05, 0.1) is 12.2 Å². The fraction of sp³-hybridized carbons (Fsp3) is 0.167. The summed E-state index contributed by atoms with van der Waals surface area (Å²) < 4.78 is 63.6. The lowest BCUT2D eigenvalue weighted by Crippen LogP contribution is -2.09. The molecule has 0 radical (unpaired) electrons. The molecule has 5 aromatic rings. The van der Waals surface area contributed by atoms with Crippen molar-refractivity contribution in [1.29, 1.82) is 0 Å². The van der Waals surface area contributed by atoms with E-state index in [1.165, 1.54) is 12.4 Å². The highest BCUT2D eigenvalue weighted by molar-refractivity contribution is 6.31. The van der Waals surface area contributed by atoms with Gasteiger partial charge in [0.1, 0.15) is 5.82 Å². The van der Waals surface area contributed by atoms with Gasteiger partial charge in [-0.05, 0) is 65.6 Å². The number of hydrogen-bond donors (Lipinski definition) is 0. The molecule has 3 aromatic heterocycles. The van der Waals surface area contributed by atoms with Crippen LogP contribution in [0.1, 0.15) is 22.6 Å². The van der Waals surface area contributed by atoms with E-state index in [0.29, 0.717) is 62.2 Å². The number of aromatic nitrogens is 4. The van der Waals surface area contributed by atoms with Crippen LogP contribution in [0.4, 0.5) is 17.6 Å². The Morgan fingerprint density at radius 3 is 1.81 bits per heavy atom. The third-order valence-corrected chi connectivity index (χ3v) is 6.65. The van der Waals surface area contributed by atoms with Gasteiger partial charge in [-0.3, -0.25) is 0 Å². The van der Waals surface area contributed by atoms with Gasteiger partial charge >= 0.3 is 13.2 Å². The first kappa shape index (κ1) is 29.3. The van der Waals surface area contributed by atoms with Gasteiger partial charge in [0.15, 0.2) is 0 Å². The Labute approximate surface area is 248 Å². The second-order valence-electron chi connectivity index (χ2n) is 9.27. The Hall–Kier alpha value is -4.15. The maximum atomic E-state index is 13.1. The van der Waals surface area contributed by atoms with Gasteiger partial charge in [0.25, 0.3) is 0 Å². The highest BCUT2D eigenvalue weighted by Gasteiger charge is 2.18. The third-order valence-electron chi connectivity index (χ3n) is 6.18. The molecule has 5 rings (SSSR count). The minimum Gasteiger partial charge on any atom is -0.416 e. The van der Waals surface area contributed by atoms with Gasteiger partial charge in [-0.1, -0.05) is 47.5 Å². The molecule has 216 valence electrons. The normalized spacial score (nSPS) is 11.4. The van der Waals surface area contributed by atoms with Crippen molar-refractivity contribution in [3.05, 3.63) is 112 Å². The van der Waals surface area contributed by atoms with Crippen LogP contribution in [-0.4, -0.2) is 32.7 Å². The summed E-state index contributed by atoms with van der Waals surface area (Å²) in [5.41, 5.74) is 3.98. The topological polar surface area (TPSA) is 62.1 Å². The summed E-state index contributed by atoms with van der Waals surface area (Å²) in [4.78, 5) is 12.9. The van der Waals surface area contributed by atoms with Crippen LogP contribution in [0.15, 0.2) is 79.3 Å².